The van der Waals surface area contributed by atoms with Crippen LogP contribution < -0.4 is 10.1 Å². The van der Waals surface area contributed by atoms with E-state index in [-0.39, 0.29) is 24.2 Å². The van der Waals surface area contributed by atoms with E-state index >= 15 is 0 Å². The SMILES string of the molecule is CC(OC(=O)[C@H](C)NC(=O)c1ncccc1OCOC(=O)C(C)C)=C(c1ccc(Cl)cc1)c1ccc(Cl)cc1. The number of hydrogen-bond acceptors (Lipinski definition) is 7. The van der Waals surface area contributed by atoms with E-state index in [4.69, 9.17) is 37.4 Å². The third-order valence-electron chi connectivity index (χ3n) is 5.45. The van der Waals surface area contributed by atoms with Gasteiger partial charge in [0.25, 0.3) is 5.91 Å². The highest BCUT2D eigenvalue weighted by atomic mass is 35.5. The fourth-order valence-electron chi connectivity index (χ4n) is 3.42. The lowest BCUT2D eigenvalue weighted by molar-refractivity contribution is -0.154. The van der Waals surface area contributed by atoms with E-state index in [2.05, 4.69) is 10.3 Å². The first-order chi connectivity index (χ1) is 18.6. The minimum atomic E-state index is -1.03. The summed E-state index contributed by atoms with van der Waals surface area (Å²) in [7, 11) is 0. The third-order valence-corrected chi connectivity index (χ3v) is 5.95. The van der Waals surface area contributed by atoms with Gasteiger partial charge in [-0.1, -0.05) is 61.3 Å². The van der Waals surface area contributed by atoms with Crippen LogP contribution in [-0.4, -0.2) is 35.7 Å². The Labute approximate surface area is 236 Å². The first-order valence-electron chi connectivity index (χ1n) is 12.1. The highest BCUT2D eigenvalue weighted by Gasteiger charge is 2.23. The predicted octanol–water partition coefficient (Wildman–Crippen LogP) is 6.06. The largest absolute Gasteiger partial charge is 0.455 e. The molecule has 1 aromatic heterocycles. The van der Waals surface area contributed by atoms with E-state index in [1.54, 1.807) is 51.1 Å². The number of halogens is 2. The molecule has 3 aromatic rings. The lowest BCUT2D eigenvalue weighted by atomic mass is 9.97. The second-order valence-corrected chi connectivity index (χ2v) is 9.66. The Morgan fingerprint density at radius 1 is 0.872 bits per heavy atom. The number of rotatable bonds is 10. The minimum Gasteiger partial charge on any atom is -0.455 e. The quantitative estimate of drug-likeness (QED) is 0.179. The maximum Gasteiger partial charge on any atom is 0.333 e. The van der Waals surface area contributed by atoms with Crippen LogP contribution in [0.3, 0.4) is 0 Å². The summed E-state index contributed by atoms with van der Waals surface area (Å²) in [6.45, 7) is 6.15. The zero-order valence-corrected chi connectivity index (χ0v) is 23.4. The first kappa shape index (κ1) is 29.7. The van der Waals surface area contributed by atoms with Crippen molar-refractivity contribution in [2.24, 2.45) is 5.92 Å². The summed E-state index contributed by atoms with van der Waals surface area (Å²) >= 11 is 12.1. The molecule has 0 saturated heterocycles. The van der Waals surface area contributed by atoms with E-state index in [9.17, 15) is 14.4 Å². The van der Waals surface area contributed by atoms with Crippen molar-refractivity contribution in [3.8, 4) is 5.75 Å². The summed E-state index contributed by atoms with van der Waals surface area (Å²) < 4.78 is 16.1. The molecule has 1 atom stereocenters. The summed E-state index contributed by atoms with van der Waals surface area (Å²) in [5.74, 6) is -1.71. The summed E-state index contributed by atoms with van der Waals surface area (Å²) in [5, 5.41) is 3.70. The molecule has 0 saturated carbocycles. The van der Waals surface area contributed by atoms with Crippen molar-refractivity contribution in [1.82, 2.24) is 10.3 Å². The van der Waals surface area contributed by atoms with Crippen molar-refractivity contribution in [2.75, 3.05) is 6.79 Å². The number of aromatic nitrogens is 1. The van der Waals surface area contributed by atoms with Gasteiger partial charge in [0.15, 0.2) is 11.4 Å². The normalized spacial score (nSPS) is 11.4. The van der Waals surface area contributed by atoms with Crippen molar-refractivity contribution < 1.29 is 28.6 Å². The highest BCUT2D eigenvalue weighted by molar-refractivity contribution is 6.31. The van der Waals surface area contributed by atoms with E-state index in [0.717, 1.165) is 11.1 Å². The van der Waals surface area contributed by atoms with Crippen LogP contribution >= 0.6 is 23.2 Å². The molecule has 3 rings (SSSR count). The van der Waals surface area contributed by atoms with Gasteiger partial charge in [0.05, 0.1) is 5.92 Å². The average molecular weight is 571 g/mol. The fourth-order valence-corrected chi connectivity index (χ4v) is 3.67. The molecular formula is C29H28Cl2N2O6. The standard InChI is InChI=1S/C29H28Cl2N2O6/c1-17(2)28(35)38-16-37-24-6-5-15-32-26(24)27(34)33-18(3)29(36)39-19(4)25(20-7-11-22(30)12-8-20)21-9-13-23(31)14-10-21/h5-15,17-18H,16H2,1-4H3,(H,33,34)/t18-/m0/s1. The minimum absolute atomic E-state index is 0.0759. The summed E-state index contributed by atoms with van der Waals surface area (Å²) in [6.07, 6.45) is 1.41. The van der Waals surface area contributed by atoms with Crippen LogP contribution in [0, 0.1) is 5.92 Å². The molecule has 39 heavy (non-hydrogen) atoms. The zero-order valence-electron chi connectivity index (χ0n) is 21.9. The monoisotopic (exact) mass is 570 g/mol. The molecule has 2 aromatic carbocycles. The summed E-state index contributed by atoms with van der Waals surface area (Å²) in [6, 6.07) is 16.3. The van der Waals surface area contributed by atoms with Crippen LogP contribution in [0.25, 0.3) is 5.57 Å². The van der Waals surface area contributed by atoms with Gasteiger partial charge in [-0.3, -0.25) is 9.59 Å². The van der Waals surface area contributed by atoms with Gasteiger partial charge in [-0.2, -0.15) is 0 Å². The number of esters is 2. The van der Waals surface area contributed by atoms with Gasteiger partial charge in [0.1, 0.15) is 11.8 Å². The van der Waals surface area contributed by atoms with Crippen molar-refractivity contribution >= 4 is 46.6 Å². The Kier molecular flexibility index (Phi) is 10.5. The second kappa shape index (κ2) is 13.8. The van der Waals surface area contributed by atoms with Crippen LogP contribution in [-0.2, 0) is 19.1 Å². The zero-order chi connectivity index (χ0) is 28.5. The Bertz CT molecular complexity index is 1310. The average Bonchev–Trinajstić information content (AvgIpc) is 2.91. The lowest BCUT2D eigenvalue weighted by Gasteiger charge is -2.17. The molecule has 1 heterocycles. The van der Waals surface area contributed by atoms with Crippen LogP contribution in [0.1, 0.15) is 49.3 Å². The van der Waals surface area contributed by atoms with Crippen LogP contribution in [0.5, 0.6) is 5.75 Å². The number of nitrogens with zero attached hydrogens (tertiary/aromatic N) is 1. The molecule has 0 aliphatic carbocycles. The molecule has 0 fully saturated rings. The van der Waals surface area contributed by atoms with Crippen LogP contribution in [0.4, 0.5) is 0 Å². The topological polar surface area (TPSA) is 104 Å². The van der Waals surface area contributed by atoms with Crippen LogP contribution in [0.15, 0.2) is 72.6 Å². The fraction of sp³-hybridized carbons (Fsp3) is 0.241. The van der Waals surface area contributed by atoms with Crippen molar-refractivity contribution in [3.63, 3.8) is 0 Å². The smallest absolute Gasteiger partial charge is 0.333 e. The second-order valence-electron chi connectivity index (χ2n) is 8.79. The number of amides is 1. The van der Waals surface area contributed by atoms with Gasteiger partial charge in [-0.25, -0.2) is 9.78 Å². The van der Waals surface area contributed by atoms with Gasteiger partial charge in [0, 0.05) is 21.8 Å². The molecule has 0 bridgehead atoms. The number of benzene rings is 2. The number of allylic oxidation sites excluding steroid dienone is 1. The lowest BCUT2D eigenvalue weighted by Crippen LogP contribution is -2.40. The van der Waals surface area contributed by atoms with Gasteiger partial charge in [-0.05, 0) is 61.4 Å². The predicted molar refractivity (Wildman–Crippen MR) is 148 cm³/mol. The molecule has 0 radical (unpaired) electrons. The van der Waals surface area contributed by atoms with Crippen LogP contribution in [0.2, 0.25) is 10.0 Å². The Balaban J connectivity index is 1.75. The molecule has 10 heteroatoms. The molecule has 1 amide bonds. The Hall–Kier alpha value is -3.88. The van der Waals surface area contributed by atoms with Crippen molar-refractivity contribution in [2.45, 2.75) is 33.7 Å². The number of hydrogen-bond donors (Lipinski definition) is 1. The number of nitrogens with one attached hydrogen (secondary N) is 1. The molecule has 8 nitrogen and oxygen atoms in total. The highest BCUT2D eigenvalue weighted by Crippen LogP contribution is 2.29. The van der Waals surface area contributed by atoms with E-state index in [1.165, 1.54) is 19.2 Å². The number of carbonyl (C=O) groups is 3. The molecule has 0 aliphatic rings. The number of pyridine rings is 1. The third kappa shape index (κ3) is 8.30. The molecule has 0 spiro atoms. The maximum atomic E-state index is 13.0. The Morgan fingerprint density at radius 2 is 1.44 bits per heavy atom. The van der Waals surface area contributed by atoms with Gasteiger partial charge in [-0.15, -0.1) is 0 Å². The summed E-state index contributed by atoms with van der Waals surface area (Å²) in [4.78, 5) is 41.6. The number of ether oxygens (including phenoxy) is 3. The van der Waals surface area contributed by atoms with Crippen molar-refractivity contribution in [3.05, 3.63) is 99.5 Å². The van der Waals surface area contributed by atoms with Gasteiger partial charge in [0.2, 0.25) is 6.79 Å². The molecule has 0 aliphatic heterocycles. The van der Waals surface area contributed by atoms with E-state index in [1.807, 2.05) is 24.3 Å². The Morgan fingerprint density at radius 3 is 1.97 bits per heavy atom. The van der Waals surface area contributed by atoms with Crippen molar-refractivity contribution in [1.29, 1.82) is 0 Å². The molecule has 204 valence electrons. The first-order valence-corrected chi connectivity index (χ1v) is 12.8. The van der Waals surface area contributed by atoms with Gasteiger partial charge >= 0.3 is 11.9 Å². The molecule has 0 unspecified atom stereocenters. The van der Waals surface area contributed by atoms with Gasteiger partial charge < -0.3 is 19.5 Å². The van der Waals surface area contributed by atoms with E-state index < -0.39 is 23.9 Å². The number of carbonyl (C=O) groups excluding carboxylic acids is 3. The maximum absolute atomic E-state index is 13.0. The molecule has 1 N–H and O–H groups in total. The summed E-state index contributed by atoms with van der Waals surface area (Å²) in [5.41, 5.74) is 2.13. The molecular weight excluding hydrogens is 543 g/mol. The van der Waals surface area contributed by atoms with E-state index in [0.29, 0.717) is 21.4 Å².